The van der Waals surface area contributed by atoms with Crippen molar-refractivity contribution in [2.45, 2.75) is 32.5 Å². The van der Waals surface area contributed by atoms with Crippen molar-refractivity contribution in [1.29, 1.82) is 0 Å². The topological polar surface area (TPSA) is 83.4 Å². The summed E-state index contributed by atoms with van der Waals surface area (Å²) in [6, 6.07) is 7.49. The normalized spacial score (nSPS) is 17.1. The summed E-state index contributed by atoms with van der Waals surface area (Å²) in [5, 5.41) is 8.29. The van der Waals surface area contributed by atoms with Gasteiger partial charge in [0.15, 0.2) is 5.76 Å². The number of aryl methyl sites for hydroxylation is 1. The zero-order valence-corrected chi connectivity index (χ0v) is 16.0. The summed E-state index contributed by atoms with van der Waals surface area (Å²) in [4.78, 5) is 17.5. The summed E-state index contributed by atoms with van der Waals surface area (Å²) in [5.74, 6) is 1.26. The molecule has 0 spiro atoms. The van der Waals surface area contributed by atoms with Crippen LogP contribution in [0.2, 0.25) is 5.02 Å². The van der Waals surface area contributed by atoms with Gasteiger partial charge in [-0.15, -0.1) is 0 Å². The zero-order chi connectivity index (χ0) is 19.0. The monoisotopic (exact) mass is 388 g/mol. The SMILES string of the molecule is Cc1cc(COc2cc3[nH]c(CNC(=O)[C@@H]4CCN4C)cc3cc2Cl)on1. The number of aromatic nitrogens is 2. The van der Waals surface area contributed by atoms with Gasteiger partial charge in [-0.1, -0.05) is 16.8 Å². The molecule has 7 nitrogen and oxygen atoms in total. The predicted octanol–water partition coefficient (Wildman–Crippen LogP) is 3.02. The predicted molar refractivity (Wildman–Crippen MR) is 102 cm³/mol. The van der Waals surface area contributed by atoms with E-state index in [1.54, 1.807) is 0 Å². The number of likely N-dealkylation sites (N-methyl/N-ethyl adjacent to an activating group) is 1. The fourth-order valence-corrected chi connectivity index (χ4v) is 3.41. The van der Waals surface area contributed by atoms with Gasteiger partial charge in [0, 0.05) is 35.3 Å². The third-order valence-corrected chi connectivity index (χ3v) is 5.11. The summed E-state index contributed by atoms with van der Waals surface area (Å²) in [5.41, 5.74) is 2.62. The molecule has 2 aromatic heterocycles. The van der Waals surface area contributed by atoms with Crippen molar-refractivity contribution in [2.24, 2.45) is 0 Å². The number of likely N-dealkylation sites (tertiary alicyclic amines) is 1. The van der Waals surface area contributed by atoms with Gasteiger partial charge in [0.1, 0.15) is 12.4 Å². The van der Waals surface area contributed by atoms with Gasteiger partial charge in [0.05, 0.1) is 23.3 Å². The third kappa shape index (κ3) is 3.79. The Morgan fingerprint density at radius 3 is 2.96 bits per heavy atom. The molecule has 3 aromatic rings. The van der Waals surface area contributed by atoms with Gasteiger partial charge < -0.3 is 19.6 Å². The maximum absolute atomic E-state index is 12.1. The van der Waals surface area contributed by atoms with Gasteiger partial charge in [-0.2, -0.15) is 0 Å². The average molecular weight is 389 g/mol. The zero-order valence-electron chi connectivity index (χ0n) is 15.2. The Morgan fingerprint density at radius 2 is 2.30 bits per heavy atom. The van der Waals surface area contributed by atoms with Crippen LogP contribution in [0, 0.1) is 6.92 Å². The molecule has 2 N–H and O–H groups in total. The molecule has 4 rings (SSSR count). The standard InChI is InChI=1S/C19H21ClN4O3/c1-11-5-14(27-23-11)10-26-18-8-16-12(7-15(18)20)6-13(22-16)9-21-19(25)17-3-4-24(17)2/h5-8,17,22H,3-4,9-10H2,1-2H3,(H,21,25)/t17-/m0/s1. The number of fused-ring (bicyclic) bond motifs is 1. The second-order valence-corrected chi connectivity index (χ2v) is 7.30. The number of halogens is 1. The molecular weight excluding hydrogens is 368 g/mol. The number of hydrogen-bond acceptors (Lipinski definition) is 5. The van der Waals surface area contributed by atoms with Crippen LogP contribution in [-0.4, -0.2) is 40.6 Å². The van der Waals surface area contributed by atoms with Crippen LogP contribution in [0.4, 0.5) is 0 Å². The van der Waals surface area contributed by atoms with Crippen LogP contribution in [-0.2, 0) is 17.9 Å². The highest BCUT2D eigenvalue weighted by atomic mass is 35.5. The second-order valence-electron chi connectivity index (χ2n) is 6.89. The lowest BCUT2D eigenvalue weighted by Crippen LogP contribution is -2.53. The average Bonchev–Trinajstić information content (AvgIpc) is 3.21. The summed E-state index contributed by atoms with van der Waals surface area (Å²) in [7, 11) is 1.96. The van der Waals surface area contributed by atoms with Gasteiger partial charge in [0.25, 0.3) is 0 Å². The molecule has 1 aliphatic rings. The number of nitrogens with one attached hydrogen (secondary N) is 2. The van der Waals surface area contributed by atoms with Crippen LogP contribution in [0.25, 0.3) is 10.9 Å². The fourth-order valence-electron chi connectivity index (χ4n) is 3.18. The maximum Gasteiger partial charge on any atom is 0.237 e. The highest BCUT2D eigenvalue weighted by Gasteiger charge is 2.30. The number of rotatable bonds is 6. The lowest BCUT2D eigenvalue weighted by atomic mass is 10.0. The van der Waals surface area contributed by atoms with E-state index in [1.165, 1.54) is 0 Å². The van der Waals surface area contributed by atoms with Crippen LogP contribution < -0.4 is 10.1 Å². The number of carbonyl (C=O) groups is 1. The van der Waals surface area contributed by atoms with Crippen LogP contribution in [0.3, 0.4) is 0 Å². The molecular formula is C19H21ClN4O3. The number of aromatic amines is 1. The number of benzene rings is 1. The van der Waals surface area contributed by atoms with Crippen LogP contribution in [0.5, 0.6) is 5.75 Å². The number of nitrogens with zero attached hydrogens (tertiary/aromatic N) is 2. The molecule has 3 heterocycles. The number of hydrogen-bond donors (Lipinski definition) is 2. The van der Waals surface area contributed by atoms with E-state index in [0.717, 1.165) is 35.3 Å². The Hall–Kier alpha value is -2.51. The van der Waals surface area contributed by atoms with E-state index in [-0.39, 0.29) is 18.6 Å². The van der Waals surface area contributed by atoms with Crippen molar-refractivity contribution in [3.05, 3.63) is 46.4 Å². The van der Waals surface area contributed by atoms with Crippen molar-refractivity contribution in [3.63, 3.8) is 0 Å². The van der Waals surface area contributed by atoms with Gasteiger partial charge in [0.2, 0.25) is 5.91 Å². The van der Waals surface area contributed by atoms with Gasteiger partial charge in [-0.05, 0) is 32.5 Å². The first-order valence-corrected chi connectivity index (χ1v) is 9.21. The number of ether oxygens (including phenoxy) is 1. The highest BCUT2D eigenvalue weighted by Crippen LogP contribution is 2.31. The number of amides is 1. The second kappa shape index (κ2) is 7.25. The first-order valence-electron chi connectivity index (χ1n) is 8.83. The molecule has 0 aliphatic carbocycles. The van der Waals surface area contributed by atoms with Crippen molar-refractivity contribution in [1.82, 2.24) is 20.4 Å². The molecule has 1 saturated heterocycles. The first kappa shape index (κ1) is 17.9. The summed E-state index contributed by atoms with van der Waals surface area (Å²) >= 11 is 6.34. The Morgan fingerprint density at radius 1 is 1.44 bits per heavy atom. The maximum atomic E-state index is 12.1. The largest absolute Gasteiger partial charge is 0.484 e. The van der Waals surface area contributed by atoms with Gasteiger partial charge >= 0.3 is 0 Å². The van der Waals surface area contributed by atoms with E-state index in [9.17, 15) is 4.79 Å². The molecule has 1 aliphatic heterocycles. The summed E-state index contributed by atoms with van der Waals surface area (Å²) in [6.45, 7) is 3.53. The first-order chi connectivity index (χ1) is 13.0. The van der Waals surface area contributed by atoms with Crippen molar-refractivity contribution < 1.29 is 14.1 Å². The number of carbonyl (C=O) groups excluding carboxylic acids is 1. The Bertz CT molecular complexity index is 981. The van der Waals surface area contributed by atoms with Crippen LogP contribution in [0.1, 0.15) is 23.6 Å². The summed E-state index contributed by atoms with van der Waals surface area (Å²) < 4.78 is 10.9. The third-order valence-electron chi connectivity index (χ3n) is 4.82. The van der Waals surface area contributed by atoms with Crippen molar-refractivity contribution >= 4 is 28.4 Å². The molecule has 1 atom stereocenters. The van der Waals surface area contributed by atoms with Crippen LogP contribution >= 0.6 is 11.6 Å². The van der Waals surface area contributed by atoms with E-state index >= 15 is 0 Å². The van der Waals surface area contributed by atoms with Gasteiger partial charge in [-0.3, -0.25) is 9.69 Å². The minimum atomic E-state index is -0.0106. The van der Waals surface area contributed by atoms with Crippen LogP contribution in [0.15, 0.2) is 28.8 Å². The minimum absolute atomic E-state index is 0.0106. The van der Waals surface area contributed by atoms with E-state index < -0.39 is 0 Å². The van der Waals surface area contributed by atoms with E-state index in [2.05, 4.69) is 15.5 Å². The number of H-pyrrole nitrogens is 1. The van der Waals surface area contributed by atoms with Crippen molar-refractivity contribution in [2.75, 3.05) is 13.6 Å². The highest BCUT2D eigenvalue weighted by molar-refractivity contribution is 6.32. The van der Waals surface area contributed by atoms with Gasteiger partial charge in [-0.25, -0.2) is 0 Å². The Balaban J connectivity index is 1.43. The molecule has 142 valence electrons. The molecule has 27 heavy (non-hydrogen) atoms. The molecule has 0 unspecified atom stereocenters. The van der Waals surface area contributed by atoms with E-state index in [1.807, 2.05) is 43.1 Å². The lowest BCUT2D eigenvalue weighted by Gasteiger charge is -2.36. The fraction of sp³-hybridized carbons (Fsp3) is 0.368. The molecule has 1 amide bonds. The minimum Gasteiger partial charge on any atom is -0.484 e. The molecule has 1 aromatic carbocycles. The van der Waals surface area contributed by atoms with E-state index in [0.29, 0.717) is 23.1 Å². The lowest BCUT2D eigenvalue weighted by molar-refractivity contribution is -0.129. The molecule has 0 radical (unpaired) electrons. The molecule has 8 heteroatoms. The Kier molecular flexibility index (Phi) is 4.80. The van der Waals surface area contributed by atoms with E-state index in [4.69, 9.17) is 20.9 Å². The molecule has 0 saturated carbocycles. The smallest absolute Gasteiger partial charge is 0.237 e. The quantitative estimate of drug-likeness (QED) is 0.678. The molecule has 0 bridgehead atoms. The summed E-state index contributed by atoms with van der Waals surface area (Å²) in [6.07, 6.45) is 0.913. The molecule has 1 fully saturated rings. The van der Waals surface area contributed by atoms with Crippen molar-refractivity contribution in [3.8, 4) is 5.75 Å². The Labute approximate surface area is 161 Å².